The molecule has 1 rings (SSSR count). The van der Waals surface area contributed by atoms with Gasteiger partial charge in [0.2, 0.25) is 0 Å². The van der Waals surface area contributed by atoms with Crippen LogP contribution in [0.2, 0.25) is 0 Å². The highest BCUT2D eigenvalue weighted by Gasteiger charge is 2.25. The fourth-order valence-corrected chi connectivity index (χ4v) is 3.85. The van der Waals surface area contributed by atoms with E-state index in [1.54, 1.807) is 11.8 Å². The van der Waals surface area contributed by atoms with Crippen LogP contribution in [-0.4, -0.2) is 43.2 Å². The lowest BCUT2D eigenvalue weighted by molar-refractivity contribution is 0.551. The van der Waals surface area contributed by atoms with E-state index in [0.717, 1.165) is 24.4 Å². The fourth-order valence-electron chi connectivity index (χ4n) is 1.78. The minimum Gasteiger partial charge on any atom is -0.313 e. The van der Waals surface area contributed by atoms with Gasteiger partial charge in [-0.3, -0.25) is 5.10 Å². The fraction of sp³-hybridized carbons (Fsp3) is 0.750. The molecule has 1 heterocycles. The van der Waals surface area contributed by atoms with E-state index in [4.69, 9.17) is 0 Å². The summed E-state index contributed by atoms with van der Waals surface area (Å²) >= 11 is 1.70. The highest BCUT2D eigenvalue weighted by molar-refractivity contribution is 7.98. The molecule has 0 aliphatic rings. The highest BCUT2D eigenvalue weighted by Crippen LogP contribution is 2.16. The van der Waals surface area contributed by atoms with Crippen molar-refractivity contribution in [1.29, 1.82) is 0 Å². The van der Waals surface area contributed by atoms with E-state index in [1.807, 2.05) is 27.0 Å². The summed E-state index contributed by atoms with van der Waals surface area (Å²) in [7, 11) is -3.57. The molecule has 1 aromatic heterocycles. The summed E-state index contributed by atoms with van der Waals surface area (Å²) in [5.41, 5.74) is 1.49. The first-order valence-corrected chi connectivity index (χ1v) is 9.55. The Morgan fingerprint density at radius 1 is 1.45 bits per heavy atom. The second-order valence-corrected chi connectivity index (χ2v) is 7.33. The van der Waals surface area contributed by atoms with Crippen LogP contribution in [0.5, 0.6) is 0 Å². The molecular formula is C12H24N4O2S2. The van der Waals surface area contributed by atoms with E-state index in [1.165, 1.54) is 0 Å². The predicted octanol–water partition coefficient (Wildman–Crippen LogP) is 1.25. The maximum absolute atomic E-state index is 12.4. The third-order valence-corrected chi connectivity index (χ3v) is 5.16. The van der Waals surface area contributed by atoms with Crippen LogP contribution in [0.25, 0.3) is 0 Å². The number of H-pyrrole nitrogens is 1. The normalized spacial score (nSPS) is 13.6. The zero-order valence-corrected chi connectivity index (χ0v) is 14.1. The van der Waals surface area contributed by atoms with Gasteiger partial charge >= 0.3 is 0 Å². The third kappa shape index (κ3) is 4.76. The molecular weight excluding hydrogens is 296 g/mol. The van der Waals surface area contributed by atoms with Crippen molar-refractivity contribution in [3.63, 3.8) is 0 Å². The van der Waals surface area contributed by atoms with Gasteiger partial charge in [-0.1, -0.05) is 6.92 Å². The number of aromatic nitrogens is 2. The number of hydrogen-bond donors (Lipinski definition) is 3. The first kappa shape index (κ1) is 17.5. The average Bonchev–Trinajstić information content (AvgIpc) is 2.75. The first-order chi connectivity index (χ1) is 9.42. The van der Waals surface area contributed by atoms with E-state index in [-0.39, 0.29) is 11.1 Å². The van der Waals surface area contributed by atoms with Gasteiger partial charge < -0.3 is 5.32 Å². The van der Waals surface area contributed by atoms with E-state index >= 15 is 0 Å². The second-order valence-electron chi connectivity index (χ2n) is 4.72. The van der Waals surface area contributed by atoms with Gasteiger partial charge in [0, 0.05) is 23.8 Å². The summed E-state index contributed by atoms with van der Waals surface area (Å²) in [5, 5.41) is 9.95. The standard InChI is InChI=1S/C12H24N4O2S2/c1-5-13-8-11-10(3)14-15-12(11)20(17,18)16-9(2)6-7-19-4/h9,13,16H,5-8H2,1-4H3,(H,14,15). The van der Waals surface area contributed by atoms with E-state index in [0.29, 0.717) is 12.1 Å². The molecule has 6 nitrogen and oxygen atoms in total. The number of aryl methyl sites for hydroxylation is 1. The molecule has 0 aliphatic heterocycles. The predicted molar refractivity (Wildman–Crippen MR) is 83.5 cm³/mol. The summed E-state index contributed by atoms with van der Waals surface area (Å²) in [5.74, 6) is 0.924. The lowest BCUT2D eigenvalue weighted by atomic mass is 10.2. The van der Waals surface area contributed by atoms with Gasteiger partial charge in [-0.15, -0.1) is 0 Å². The minimum absolute atomic E-state index is 0.101. The molecule has 0 amide bonds. The monoisotopic (exact) mass is 320 g/mol. The summed E-state index contributed by atoms with van der Waals surface area (Å²) in [6.07, 6.45) is 2.80. The van der Waals surface area contributed by atoms with E-state index in [9.17, 15) is 8.42 Å². The number of rotatable bonds is 9. The highest BCUT2D eigenvalue weighted by atomic mass is 32.2. The van der Waals surface area contributed by atoms with Gasteiger partial charge in [-0.2, -0.15) is 16.9 Å². The van der Waals surface area contributed by atoms with Gasteiger partial charge in [0.05, 0.1) is 0 Å². The van der Waals surface area contributed by atoms with E-state index < -0.39 is 10.0 Å². The zero-order valence-electron chi connectivity index (χ0n) is 12.5. The Hall–Kier alpha value is -0.570. The van der Waals surface area contributed by atoms with Crippen molar-refractivity contribution >= 4 is 21.8 Å². The van der Waals surface area contributed by atoms with Crippen LogP contribution in [-0.2, 0) is 16.6 Å². The zero-order chi connectivity index (χ0) is 15.2. The number of nitrogens with one attached hydrogen (secondary N) is 3. The van der Waals surface area contributed by atoms with Crippen LogP contribution in [0.4, 0.5) is 0 Å². The van der Waals surface area contributed by atoms with Crippen molar-refractivity contribution in [2.45, 2.75) is 44.8 Å². The minimum atomic E-state index is -3.57. The van der Waals surface area contributed by atoms with Crippen molar-refractivity contribution in [2.75, 3.05) is 18.6 Å². The maximum Gasteiger partial charge on any atom is 0.260 e. The Kier molecular flexibility index (Phi) is 7.01. The number of aromatic amines is 1. The first-order valence-electron chi connectivity index (χ1n) is 6.68. The van der Waals surface area contributed by atoms with Crippen LogP contribution < -0.4 is 10.0 Å². The molecule has 0 bridgehead atoms. The van der Waals surface area contributed by atoms with Crippen molar-refractivity contribution < 1.29 is 8.42 Å². The Bertz CT molecular complexity index is 514. The quantitative estimate of drug-likeness (QED) is 0.637. The molecule has 0 aromatic carbocycles. The molecule has 1 atom stereocenters. The van der Waals surface area contributed by atoms with Gasteiger partial charge in [0.15, 0.2) is 5.03 Å². The van der Waals surface area contributed by atoms with Crippen molar-refractivity contribution in [3.8, 4) is 0 Å². The molecule has 20 heavy (non-hydrogen) atoms. The molecule has 0 radical (unpaired) electrons. The summed E-state index contributed by atoms with van der Waals surface area (Å²) in [6, 6.07) is -0.101. The lowest BCUT2D eigenvalue weighted by Crippen LogP contribution is -2.34. The molecule has 0 saturated carbocycles. The van der Waals surface area contributed by atoms with Gasteiger partial charge in [-0.25, -0.2) is 13.1 Å². The molecule has 1 aromatic rings. The molecule has 8 heteroatoms. The Morgan fingerprint density at radius 3 is 2.75 bits per heavy atom. The van der Waals surface area contributed by atoms with Crippen LogP contribution in [0.3, 0.4) is 0 Å². The van der Waals surface area contributed by atoms with Crippen molar-refractivity contribution in [2.24, 2.45) is 0 Å². The molecule has 116 valence electrons. The summed E-state index contributed by atoms with van der Waals surface area (Å²) < 4.78 is 27.4. The molecule has 0 spiro atoms. The molecule has 0 fully saturated rings. The number of thioether (sulfide) groups is 1. The topological polar surface area (TPSA) is 86.9 Å². The lowest BCUT2D eigenvalue weighted by Gasteiger charge is -2.13. The van der Waals surface area contributed by atoms with Gasteiger partial charge in [0.25, 0.3) is 10.0 Å². The van der Waals surface area contributed by atoms with Crippen molar-refractivity contribution in [1.82, 2.24) is 20.2 Å². The molecule has 3 N–H and O–H groups in total. The smallest absolute Gasteiger partial charge is 0.260 e. The Balaban J connectivity index is 2.86. The Labute approximate surface area is 125 Å². The number of hydrogen-bond acceptors (Lipinski definition) is 5. The second kappa shape index (κ2) is 8.02. The average molecular weight is 320 g/mol. The van der Waals surface area contributed by atoms with Crippen LogP contribution in [0.15, 0.2) is 5.03 Å². The number of sulfonamides is 1. The third-order valence-electron chi connectivity index (χ3n) is 2.95. The summed E-state index contributed by atoms with van der Waals surface area (Å²) in [6.45, 7) is 6.95. The van der Waals surface area contributed by atoms with Crippen LogP contribution in [0.1, 0.15) is 31.5 Å². The SMILES string of the molecule is CCNCc1c(S(=O)(=O)NC(C)CCSC)n[nH]c1C. The Morgan fingerprint density at radius 2 is 2.15 bits per heavy atom. The van der Waals surface area contributed by atoms with Crippen LogP contribution >= 0.6 is 11.8 Å². The summed E-state index contributed by atoms with van der Waals surface area (Å²) in [4.78, 5) is 0. The number of nitrogens with zero attached hydrogens (tertiary/aromatic N) is 1. The molecule has 0 aliphatic carbocycles. The maximum atomic E-state index is 12.4. The molecule has 0 saturated heterocycles. The van der Waals surface area contributed by atoms with Gasteiger partial charge in [-0.05, 0) is 38.8 Å². The van der Waals surface area contributed by atoms with E-state index in [2.05, 4.69) is 20.2 Å². The largest absolute Gasteiger partial charge is 0.313 e. The van der Waals surface area contributed by atoms with Crippen molar-refractivity contribution in [3.05, 3.63) is 11.3 Å². The van der Waals surface area contributed by atoms with Crippen LogP contribution in [0, 0.1) is 6.92 Å². The molecule has 1 unspecified atom stereocenters. The van der Waals surface area contributed by atoms with Gasteiger partial charge in [0.1, 0.15) is 0 Å².